The zero-order valence-electron chi connectivity index (χ0n) is 21.5. The van der Waals surface area contributed by atoms with Crippen LogP contribution in [0.5, 0.6) is 0 Å². The van der Waals surface area contributed by atoms with Crippen LogP contribution < -0.4 is 5.63 Å². The molecular formula is C38H22O2. The highest BCUT2D eigenvalue weighted by molar-refractivity contribution is 6.11. The van der Waals surface area contributed by atoms with Gasteiger partial charge in [0.2, 0.25) is 0 Å². The summed E-state index contributed by atoms with van der Waals surface area (Å²) in [4.78, 5) is 13.5. The van der Waals surface area contributed by atoms with Crippen LogP contribution in [0.3, 0.4) is 0 Å². The van der Waals surface area contributed by atoms with E-state index in [0.29, 0.717) is 11.0 Å². The third-order valence-corrected chi connectivity index (χ3v) is 8.96. The van der Waals surface area contributed by atoms with E-state index in [1.54, 1.807) is 0 Å². The maximum Gasteiger partial charge on any atom is 0.344 e. The van der Waals surface area contributed by atoms with Crippen molar-refractivity contribution in [1.82, 2.24) is 0 Å². The second-order valence-electron chi connectivity index (χ2n) is 10.7. The van der Waals surface area contributed by atoms with Crippen molar-refractivity contribution in [2.24, 2.45) is 0 Å². The summed E-state index contributed by atoms with van der Waals surface area (Å²) in [5.74, 6) is 0. The molecule has 0 bridgehead atoms. The van der Waals surface area contributed by atoms with Gasteiger partial charge < -0.3 is 4.42 Å². The fourth-order valence-corrected chi connectivity index (χ4v) is 7.52. The molecule has 6 aromatic carbocycles. The Labute approximate surface area is 230 Å². The molecule has 2 aliphatic carbocycles. The van der Waals surface area contributed by atoms with Gasteiger partial charge in [-0.1, -0.05) is 127 Å². The Morgan fingerprint density at radius 1 is 0.425 bits per heavy atom. The van der Waals surface area contributed by atoms with Crippen LogP contribution in [-0.4, -0.2) is 0 Å². The Balaban J connectivity index is 1.45. The van der Waals surface area contributed by atoms with Crippen molar-refractivity contribution < 1.29 is 4.42 Å². The molecule has 1 heterocycles. The summed E-state index contributed by atoms with van der Waals surface area (Å²) in [6.45, 7) is 0. The lowest BCUT2D eigenvalue weighted by molar-refractivity contribution is 0.570. The standard InChI is InChI=1S/C38H22O2/c39-37-36-26(25-13-4-8-22-34(25)40-37)15-9-16-28(36)27-17-10-21-33-35(27)29-14-3-7-20-32(29)38(33)30-18-5-1-11-23(30)24-12-2-6-19-31(24)38/h1-22H. The predicted molar refractivity (Wildman–Crippen MR) is 162 cm³/mol. The predicted octanol–water partition coefficient (Wildman–Crippen LogP) is 8.96. The summed E-state index contributed by atoms with van der Waals surface area (Å²) in [5.41, 5.74) is 12.0. The molecule has 0 aliphatic heterocycles. The third kappa shape index (κ3) is 2.51. The van der Waals surface area contributed by atoms with Crippen LogP contribution in [0, 0.1) is 0 Å². The van der Waals surface area contributed by atoms with Gasteiger partial charge in [0, 0.05) is 10.8 Å². The largest absolute Gasteiger partial charge is 0.422 e. The highest BCUT2D eigenvalue weighted by Gasteiger charge is 2.51. The molecule has 0 saturated heterocycles. The van der Waals surface area contributed by atoms with E-state index in [-0.39, 0.29) is 5.63 Å². The van der Waals surface area contributed by atoms with Gasteiger partial charge >= 0.3 is 5.63 Å². The number of fused-ring (bicyclic) bond motifs is 13. The van der Waals surface area contributed by atoms with Gasteiger partial charge in [-0.2, -0.15) is 0 Å². The van der Waals surface area contributed by atoms with E-state index >= 15 is 0 Å². The number of para-hydroxylation sites is 1. The number of rotatable bonds is 1. The normalized spacial score (nSPS) is 13.8. The molecule has 0 N–H and O–H groups in total. The van der Waals surface area contributed by atoms with Gasteiger partial charge in [0.05, 0.1) is 10.8 Å². The first kappa shape index (κ1) is 21.7. The van der Waals surface area contributed by atoms with E-state index in [2.05, 4.69) is 103 Å². The van der Waals surface area contributed by atoms with Crippen LogP contribution in [0.4, 0.5) is 0 Å². The minimum Gasteiger partial charge on any atom is -0.422 e. The van der Waals surface area contributed by atoms with Gasteiger partial charge in [0.15, 0.2) is 0 Å². The molecule has 186 valence electrons. The number of hydrogen-bond donors (Lipinski definition) is 0. The fourth-order valence-electron chi connectivity index (χ4n) is 7.52. The maximum absolute atomic E-state index is 13.5. The zero-order chi connectivity index (χ0) is 26.4. The second-order valence-corrected chi connectivity index (χ2v) is 10.7. The quantitative estimate of drug-likeness (QED) is 0.163. The van der Waals surface area contributed by atoms with Crippen LogP contribution in [-0.2, 0) is 5.41 Å². The van der Waals surface area contributed by atoms with Crippen LogP contribution in [0.25, 0.3) is 55.1 Å². The van der Waals surface area contributed by atoms with E-state index in [4.69, 9.17) is 4.42 Å². The lowest BCUT2D eigenvalue weighted by atomic mass is 9.70. The fraction of sp³-hybridized carbons (Fsp3) is 0.0263. The molecule has 0 fully saturated rings. The van der Waals surface area contributed by atoms with Crippen molar-refractivity contribution in [2.75, 3.05) is 0 Å². The molecule has 2 nitrogen and oxygen atoms in total. The minimum atomic E-state index is -0.420. The lowest BCUT2D eigenvalue weighted by Crippen LogP contribution is -2.25. The van der Waals surface area contributed by atoms with Crippen molar-refractivity contribution in [1.29, 1.82) is 0 Å². The van der Waals surface area contributed by atoms with Crippen LogP contribution in [0.1, 0.15) is 22.3 Å². The number of benzene rings is 6. The molecule has 0 atom stereocenters. The molecule has 40 heavy (non-hydrogen) atoms. The van der Waals surface area contributed by atoms with Crippen LogP contribution in [0.15, 0.2) is 143 Å². The Hall–Kier alpha value is -5.21. The monoisotopic (exact) mass is 510 g/mol. The Morgan fingerprint density at radius 2 is 0.925 bits per heavy atom. The molecule has 1 spiro atoms. The van der Waals surface area contributed by atoms with Crippen molar-refractivity contribution >= 4 is 21.7 Å². The average molecular weight is 511 g/mol. The Morgan fingerprint density at radius 3 is 1.68 bits per heavy atom. The van der Waals surface area contributed by atoms with Crippen molar-refractivity contribution in [2.45, 2.75) is 5.41 Å². The van der Waals surface area contributed by atoms with E-state index in [1.165, 1.54) is 44.5 Å². The molecule has 2 heteroatoms. The van der Waals surface area contributed by atoms with Gasteiger partial charge in [-0.05, 0) is 61.7 Å². The van der Waals surface area contributed by atoms with Crippen LogP contribution >= 0.6 is 0 Å². The van der Waals surface area contributed by atoms with Gasteiger partial charge in [0.1, 0.15) is 5.58 Å². The number of hydrogen-bond acceptors (Lipinski definition) is 2. The first-order valence-electron chi connectivity index (χ1n) is 13.7. The first-order chi connectivity index (χ1) is 19.8. The first-order valence-corrected chi connectivity index (χ1v) is 13.7. The molecule has 0 amide bonds. The summed E-state index contributed by atoms with van der Waals surface area (Å²) < 4.78 is 5.86. The van der Waals surface area contributed by atoms with Gasteiger partial charge in [-0.3, -0.25) is 0 Å². The van der Waals surface area contributed by atoms with Crippen LogP contribution in [0.2, 0.25) is 0 Å². The molecule has 2 aliphatic rings. The maximum atomic E-state index is 13.5. The topological polar surface area (TPSA) is 30.2 Å². The van der Waals surface area contributed by atoms with Crippen molar-refractivity contribution in [3.05, 3.63) is 166 Å². The molecular weight excluding hydrogens is 488 g/mol. The highest BCUT2D eigenvalue weighted by atomic mass is 16.4. The summed E-state index contributed by atoms with van der Waals surface area (Å²) in [5, 5.41) is 2.49. The van der Waals surface area contributed by atoms with E-state index in [0.717, 1.165) is 21.9 Å². The summed E-state index contributed by atoms with van der Waals surface area (Å²) in [6, 6.07) is 46.9. The molecule has 0 saturated carbocycles. The molecule has 0 unspecified atom stereocenters. The molecule has 1 aromatic heterocycles. The molecule has 7 aromatic rings. The van der Waals surface area contributed by atoms with Gasteiger partial charge in [-0.15, -0.1) is 0 Å². The zero-order valence-corrected chi connectivity index (χ0v) is 21.5. The Kier molecular flexibility index (Phi) is 4.16. The van der Waals surface area contributed by atoms with Gasteiger partial charge in [-0.25, -0.2) is 4.79 Å². The Bertz CT molecular complexity index is 2210. The highest BCUT2D eigenvalue weighted by Crippen LogP contribution is 2.64. The lowest BCUT2D eigenvalue weighted by Gasteiger charge is -2.30. The second kappa shape index (κ2) is 7.68. The minimum absolute atomic E-state index is 0.306. The SMILES string of the molecule is O=c1oc2ccccc2c2cccc(-c3cccc4c3-c3ccccc3C43c4ccccc4-c4ccccc43)c12. The third-order valence-electron chi connectivity index (χ3n) is 8.96. The van der Waals surface area contributed by atoms with E-state index < -0.39 is 5.41 Å². The van der Waals surface area contributed by atoms with Crippen molar-refractivity contribution in [3.63, 3.8) is 0 Å². The van der Waals surface area contributed by atoms with Crippen molar-refractivity contribution in [3.8, 4) is 33.4 Å². The summed E-state index contributed by atoms with van der Waals surface area (Å²) in [7, 11) is 0. The molecule has 0 radical (unpaired) electrons. The summed E-state index contributed by atoms with van der Waals surface area (Å²) >= 11 is 0. The van der Waals surface area contributed by atoms with E-state index in [1.807, 2.05) is 30.3 Å². The van der Waals surface area contributed by atoms with E-state index in [9.17, 15) is 4.79 Å². The molecule has 9 rings (SSSR count). The average Bonchev–Trinajstić information content (AvgIpc) is 3.49. The smallest absolute Gasteiger partial charge is 0.344 e. The van der Waals surface area contributed by atoms with Gasteiger partial charge in [0.25, 0.3) is 0 Å². The summed E-state index contributed by atoms with van der Waals surface area (Å²) in [6.07, 6.45) is 0.